The first kappa shape index (κ1) is 16.4. The van der Waals surface area contributed by atoms with Crippen LogP contribution in [0.15, 0.2) is 35.4 Å². The van der Waals surface area contributed by atoms with Gasteiger partial charge in [0.25, 0.3) is 11.8 Å². The highest BCUT2D eigenvalue weighted by atomic mass is 16.5. The van der Waals surface area contributed by atoms with Crippen LogP contribution in [0.3, 0.4) is 0 Å². The molecule has 1 amide bonds. The molecule has 0 bridgehead atoms. The average molecular weight is 352 g/mol. The fraction of sp³-hybridized carbons (Fsp3) is 0.389. The Labute approximate surface area is 150 Å². The van der Waals surface area contributed by atoms with E-state index < -0.39 is 0 Å². The molecule has 1 atom stereocenters. The lowest BCUT2D eigenvalue weighted by Gasteiger charge is -2.09. The van der Waals surface area contributed by atoms with E-state index in [0.717, 1.165) is 30.7 Å². The maximum Gasteiger partial charge on any atom is 0.271 e. The van der Waals surface area contributed by atoms with Crippen molar-refractivity contribution in [2.24, 2.45) is 0 Å². The van der Waals surface area contributed by atoms with Crippen molar-refractivity contribution >= 4 is 5.91 Å². The number of carbonyl (C=O) groups is 1. The molecule has 0 aliphatic heterocycles. The van der Waals surface area contributed by atoms with Crippen LogP contribution in [-0.4, -0.2) is 36.6 Å². The maximum atomic E-state index is 12.1. The van der Waals surface area contributed by atoms with Crippen molar-refractivity contribution in [1.82, 2.24) is 30.0 Å². The number of nitrogens with one attached hydrogen (secondary N) is 1. The highest BCUT2D eigenvalue weighted by molar-refractivity contribution is 5.92. The third-order valence-corrected chi connectivity index (χ3v) is 4.45. The molecule has 0 aromatic carbocycles. The van der Waals surface area contributed by atoms with Crippen LogP contribution >= 0.6 is 0 Å². The van der Waals surface area contributed by atoms with Gasteiger partial charge in [-0.1, -0.05) is 12.1 Å². The molecule has 0 saturated heterocycles. The zero-order chi connectivity index (χ0) is 18.1. The lowest BCUT2D eigenvalue weighted by Crippen LogP contribution is -2.32. The predicted octanol–water partition coefficient (Wildman–Crippen LogP) is 2.72. The molecule has 0 spiro atoms. The van der Waals surface area contributed by atoms with E-state index in [4.69, 9.17) is 4.52 Å². The summed E-state index contributed by atoms with van der Waals surface area (Å²) in [5.74, 6) is 2.17. The van der Waals surface area contributed by atoms with Gasteiger partial charge in [0.15, 0.2) is 5.82 Å². The first-order chi connectivity index (χ1) is 12.6. The Morgan fingerprint density at radius 1 is 1.38 bits per heavy atom. The van der Waals surface area contributed by atoms with Gasteiger partial charge in [-0.3, -0.25) is 9.36 Å². The molecule has 134 valence electrons. The van der Waals surface area contributed by atoms with Crippen LogP contribution in [0.25, 0.3) is 17.3 Å². The Bertz CT molecular complexity index is 910. The van der Waals surface area contributed by atoms with Crippen molar-refractivity contribution in [2.75, 3.05) is 0 Å². The standard InChI is InChI=1S/C18H20N6O2/c1-3-11(2)21-17(25)14-9-24(10-20-14)15-7-6-13(8-19-15)18-22-16(23-26-18)12-4-5-12/h6-12H,3-5H2,1-2H3,(H,21,25)/t11-/m0/s1. The number of aromatic nitrogens is 5. The zero-order valence-electron chi connectivity index (χ0n) is 14.7. The monoisotopic (exact) mass is 352 g/mol. The van der Waals surface area contributed by atoms with Gasteiger partial charge in [0, 0.05) is 24.4 Å². The number of imidazole rings is 1. The second-order valence-electron chi connectivity index (χ2n) is 6.59. The van der Waals surface area contributed by atoms with Crippen LogP contribution in [0.5, 0.6) is 0 Å². The minimum atomic E-state index is -0.187. The molecular weight excluding hydrogens is 332 g/mol. The van der Waals surface area contributed by atoms with E-state index >= 15 is 0 Å². The van der Waals surface area contributed by atoms with E-state index in [9.17, 15) is 4.79 Å². The molecule has 8 nitrogen and oxygen atoms in total. The van der Waals surface area contributed by atoms with E-state index in [1.165, 1.54) is 0 Å². The second kappa shape index (κ2) is 6.70. The summed E-state index contributed by atoms with van der Waals surface area (Å²) in [6.45, 7) is 3.98. The summed E-state index contributed by atoms with van der Waals surface area (Å²) >= 11 is 0. The van der Waals surface area contributed by atoms with Crippen LogP contribution in [-0.2, 0) is 0 Å². The van der Waals surface area contributed by atoms with E-state index in [1.54, 1.807) is 23.3 Å². The normalized spacial score (nSPS) is 15.0. The lowest BCUT2D eigenvalue weighted by atomic mass is 10.2. The average Bonchev–Trinajstić information content (AvgIpc) is 3.20. The minimum Gasteiger partial charge on any atom is -0.348 e. The van der Waals surface area contributed by atoms with Crippen LogP contribution in [0, 0.1) is 0 Å². The first-order valence-corrected chi connectivity index (χ1v) is 8.79. The molecule has 1 aliphatic carbocycles. The third kappa shape index (κ3) is 3.35. The van der Waals surface area contributed by atoms with Crippen LogP contribution in [0.1, 0.15) is 55.3 Å². The highest BCUT2D eigenvalue weighted by Crippen LogP contribution is 2.38. The fourth-order valence-electron chi connectivity index (χ4n) is 2.49. The number of pyridine rings is 1. The number of amides is 1. The van der Waals surface area contributed by atoms with Crippen molar-refractivity contribution in [3.05, 3.63) is 42.4 Å². The Morgan fingerprint density at radius 3 is 2.92 bits per heavy atom. The zero-order valence-corrected chi connectivity index (χ0v) is 14.7. The Morgan fingerprint density at radius 2 is 2.23 bits per heavy atom. The van der Waals surface area contributed by atoms with E-state index in [-0.39, 0.29) is 11.9 Å². The molecular formula is C18H20N6O2. The molecule has 1 N–H and O–H groups in total. The lowest BCUT2D eigenvalue weighted by molar-refractivity contribution is 0.0934. The summed E-state index contributed by atoms with van der Waals surface area (Å²) in [6, 6.07) is 3.81. The summed E-state index contributed by atoms with van der Waals surface area (Å²) in [6.07, 6.45) is 8.04. The molecule has 4 rings (SSSR count). The molecule has 26 heavy (non-hydrogen) atoms. The predicted molar refractivity (Wildman–Crippen MR) is 93.8 cm³/mol. The Kier molecular flexibility index (Phi) is 4.24. The minimum absolute atomic E-state index is 0.111. The number of rotatable bonds is 6. The van der Waals surface area contributed by atoms with Crippen molar-refractivity contribution in [3.63, 3.8) is 0 Å². The van der Waals surface area contributed by atoms with Crippen molar-refractivity contribution < 1.29 is 9.32 Å². The van der Waals surface area contributed by atoms with Gasteiger partial charge < -0.3 is 9.84 Å². The van der Waals surface area contributed by atoms with Gasteiger partial charge in [-0.05, 0) is 38.3 Å². The molecule has 0 radical (unpaired) electrons. The van der Waals surface area contributed by atoms with E-state index in [1.807, 2.05) is 26.0 Å². The van der Waals surface area contributed by atoms with Gasteiger partial charge in [0.2, 0.25) is 0 Å². The number of hydrogen-bond acceptors (Lipinski definition) is 6. The molecule has 8 heteroatoms. The summed E-state index contributed by atoms with van der Waals surface area (Å²) in [4.78, 5) is 25.1. The number of hydrogen-bond donors (Lipinski definition) is 1. The van der Waals surface area contributed by atoms with Gasteiger partial charge in [-0.15, -0.1) is 0 Å². The summed E-state index contributed by atoms with van der Waals surface area (Å²) in [5, 5.41) is 6.91. The SMILES string of the molecule is CC[C@H](C)NC(=O)c1cn(-c2ccc(-c3nc(C4CC4)no3)cn2)cn1. The number of carbonyl (C=O) groups excluding carboxylic acids is 1. The van der Waals surface area contributed by atoms with E-state index in [2.05, 4.69) is 25.4 Å². The molecule has 3 heterocycles. The second-order valence-corrected chi connectivity index (χ2v) is 6.59. The van der Waals surface area contributed by atoms with Gasteiger partial charge in [0.1, 0.15) is 17.8 Å². The van der Waals surface area contributed by atoms with Gasteiger partial charge in [-0.2, -0.15) is 4.98 Å². The van der Waals surface area contributed by atoms with E-state index in [0.29, 0.717) is 23.3 Å². The van der Waals surface area contributed by atoms with Gasteiger partial charge in [-0.25, -0.2) is 9.97 Å². The maximum absolute atomic E-state index is 12.1. The fourth-order valence-corrected chi connectivity index (χ4v) is 2.49. The number of nitrogens with zero attached hydrogens (tertiary/aromatic N) is 5. The Balaban J connectivity index is 1.49. The molecule has 1 fully saturated rings. The smallest absolute Gasteiger partial charge is 0.271 e. The molecule has 3 aromatic heterocycles. The molecule has 0 unspecified atom stereocenters. The van der Waals surface area contributed by atoms with Crippen molar-refractivity contribution in [2.45, 2.75) is 45.1 Å². The topological polar surface area (TPSA) is 98.7 Å². The summed E-state index contributed by atoms with van der Waals surface area (Å²) in [7, 11) is 0. The van der Waals surface area contributed by atoms with Crippen LogP contribution in [0.2, 0.25) is 0 Å². The highest BCUT2D eigenvalue weighted by Gasteiger charge is 2.29. The largest absolute Gasteiger partial charge is 0.348 e. The van der Waals surface area contributed by atoms with Crippen molar-refractivity contribution in [3.8, 4) is 17.3 Å². The van der Waals surface area contributed by atoms with Gasteiger partial charge in [0.05, 0.1) is 5.56 Å². The quantitative estimate of drug-likeness (QED) is 0.732. The molecule has 3 aromatic rings. The van der Waals surface area contributed by atoms with Crippen molar-refractivity contribution in [1.29, 1.82) is 0 Å². The van der Waals surface area contributed by atoms with Crippen LogP contribution < -0.4 is 5.32 Å². The first-order valence-electron chi connectivity index (χ1n) is 8.79. The molecule has 1 saturated carbocycles. The summed E-state index contributed by atoms with van der Waals surface area (Å²) < 4.78 is 7.01. The third-order valence-electron chi connectivity index (χ3n) is 4.45. The summed E-state index contributed by atoms with van der Waals surface area (Å²) in [5.41, 5.74) is 1.13. The van der Waals surface area contributed by atoms with Gasteiger partial charge >= 0.3 is 0 Å². The Hall–Kier alpha value is -3.03. The molecule has 1 aliphatic rings. The van der Waals surface area contributed by atoms with Crippen LogP contribution in [0.4, 0.5) is 0 Å².